The summed E-state index contributed by atoms with van der Waals surface area (Å²) in [6, 6.07) is 2.80. The van der Waals surface area contributed by atoms with Gasteiger partial charge in [0.25, 0.3) is 0 Å². The van der Waals surface area contributed by atoms with Gasteiger partial charge in [-0.25, -0.2) is 8.78 Å². The summed E-state index contributed by atoms with van der Waals surface area (Å²) >= 11 is 3.21. The predicted molar refractivity (Wildman–Crippen MR) is 75.8 cm³/mol. The van der Waals surface area contributed by atoms with Crippen LogP contribution < -0.4 is 4.90 Å². The lowest BCUT2D eigenvalue weighted by Gasteiger charge is -2.40. The van der Waals surface area contributed by atoms with Crippen molar-refractivity contribution in [2.24, 2.45) is 0 Å². The highest BCUT2D eigenvalue weighted by Gasteiger charge is 2.29. The number of anilines is 1. The number of halogens is 3. The number of nitrogens with zero attached hydrogens (tertiary/aromatic N) is 1. The third-order valence-corrected chi connectivity index (χ3v) is 4.10. The third-order valence-electron chi connectivity index (χ3n) is 3.46. The topological polar surface area (TPSA) is 12.5 Å². The summed E-state index contributed by atoms with van der Waals surface area (Å²) < 4.78 is 33.9. The SMILES string of the molecule is CCC1COC(C)CN1c1c(F)cc(CBr)cc1F. The van der Waals surface area contributed by atoms with Crippen molar-refractivity contribution in [1.82, 2.24) is 0 Å². The van der Waals surface area contributed by atoms with E-state index >= 15 is 0 Å². The molecule has 19 heavy (non-hydrogen) atoms. The molecule has 0 saturated carbocycles. The van der Waals surface area contributed by atoms with Crippen molar-refractivity contribution in [3.05, 3.63) is 29.3 Å². The van der Waals surface area contributed by atoms with Gasteiger partial charge in [0, 0.05) is 11.9 Å². The molecule has 1 aliphatic rings. The van der Waals surface area contributed by atoms with Gasteiger partial charge in [-0.05, 0) is 31.0 Å². The van der Waals surface area contributed by atoms with E-state index in [2.05, 4.69) is 15.9 Å². The Balaban J connectivity index is 2.38. The van der Waals surface area contributed by atoms with Gasteiger partial charge in [-0.3, -0.25) is 0 Å². The zero-order valence-corrected chi connectivity index (χ0v) is 12.7. The smallest absolute Gasteiger partial charge is 0.149 e. The molecule has 106 valence electrons. The van der Waals surface area contributed by atoms with Crippen LogP contribution in [0.2, 0.25) is 0 Å². The summed E-state index contributed by atoms with van der Waals surface area (Å²) in [6.45, 7) is 4.94. The van der Waals surface area contributed by atoms with E-state index in [0.717, 1.165) is 6.42 Å². The average Bonchev–Trinajstić information content (AvgIpc) is 2.38. The predicted octanol–water partition coefficient (Wildman–Crippen LogP) is 3.86. The van der Waals surface area contributed by atoms with Crippen molar-refractivity contribution in [2.75, 3.05) is 18.1 Å². The molecule has 1 fully saturated rings. The monoisotopic (exact) mass is 333 g/mol. The molecular weight excluding hydrogens is 316 g/mol. The molecule has 5 heteroatoms. The van der Waals surface area contributed by atoms with E-state index in [9.17, 15) is 8.78 Å². The van der Waals surface area contributed by atoms with Gasteiger partial charge in [0.15, 0.2) is 0 Å². The second-order valence-electron chi connectivity index (χ2n) is 4.90. The number of morpholine rings is 1. The average molecular weight is 334 g/mol. The van der Waals surface area contributed by atoms with Crippen LogP contribution in [0, 0.1) is 11.6 Å². The van der Waals surface area contributed by atoms with Gasteiger partial charge >= 0.3 is 0 Å². The van der Waals surface area contributed by atoms with Gasteiger partial charge in [0.1, 0.15) is 17.3 Å². The molecule has 0 N–H and O–H groups in total. The van der Waals surface area contributed by atoms with Crippen LogP contribution in [0.4, 0.5) is 14.5 Å². The lowest BCUT2D eigenvalue weighted by Crippen LogP contribution is -2.49. The van der Waals surface area contributed by atoms with E-state index in [1.807, 2.05) is 13.8 Å². The van der Waals surface area contributed by atoms with Crippen molar-refractivity contribution in [3.63, 3.8) is 0 Å². The molecule has 0 aliphatic carbocycles. The van der Waals surface area contributed by atoms with Gasteiger partial charge in [-0.2, -0.15) is 0 Å². The van der Waals surface area contributed by atoms with Crippen LogP contribution in [0.3, 0.4) is 0 Å². The van der Waals surface area contributed by atoms with Crippen molar-refractivity contribution in [3.8, 4) is 0 Å². The maximum Gasteiger partial charge on any atom is 0.149 e. The fourth-order valence-corrected chi connectivity index (χ4v) is 2.75. The summed E-state index contributed by atoms with van der Waals surface area (Å²) in [5.41, 5.74) is 0.680. The van der Waals surface area contributed by atoms with Crippen LogP contribution in [0.1, 0.15) is 25.8 Å². The van der Waals surface area contributed by atoms with Crippen molar-refractivity contribution < 1.29 is 13.5 Å². The Morgan fingerprint density at radius 1 is 1.37 bits per heavy atom. The van der Waals surface area contributed by atoms with E-state index in [0.29, 0.717) is 24.0 Å². The molecule has 0 radical (unpaired) electrons. The van der Waals surface area contributed by atoms with Crippen molar-refractivity contribution in [1.29, 1.82) is 0 Å². The molecule has 2 atom stereocenters. The van der Waals surface area contributed by atoms with E-state index in [1.54, 1.807) is 4.90 Å². The summed E-state index contributed by atoms with van der Waals surface area (Å²) in [7, 11) is 0. The first-order valence-corrected chi connectivity index (χ1v) is 7.61. The molecule has 0 aromatic heterocycles. The molecule has 1 aliphatic heterocycles. The maximum absolute atomic E-state index is 14.2. The number of benzene rings is 1. The van der Waals surface area contributed by atoms with E-state index in [4.69, 9.17) is 4.74 Å². The van der Waals surface area contributed by atoms with Crippen LogP contribution >= 0.6 is 15.9 Å². The quantitative estimate of drug-likeness (QED) is 0.779. The largest absolute Gasteiger partial charge is 0.375 e. The fourth-order valence-electron chi connectivity index (χ4n) is 2.43. The summed E-state index contributed by atoms with van der Waals surface area (Å²) in [5, 5.41) is 0.442. The number of rotatable bonds is 3. The Morgan fingerprint density at radius 3 is 2.53 bits per heavy atom. The molecule has 1 aromatic rings. The first-order valence-electron chi connectivity index (χ1n) is 6.49. The Kier molecular flexibility index (Phi) is 4.79. The highest BCUT2D eigenvalue weighted by Crippen LogP contribution is 2.30. The second kappa shape index (κ2) is 6.18. The third kappa shape index (κ3) is 3.08. The van der Waals surface area contributed by atoms with E-state index in [1.165, 1.54) is 12.1 Å². The lowest BCUT2D eigenvalue weighted by atomic mass is 10.1. The highest BCUT2D eigenvalue weighted by atomic mass is 79.9. The van der Waals surface area contributed by atoms with Crippen molar-refractivity contribution in [2.45, 2.75) is 37.7 Å². The van der Waals surface area contributed by atoms with Crippen LogP contribution in [-0.4, -0.2) is 25.3 Å². The number of hydrogen-bond donors (Lipinski definition) is 0. The number of alkyl halides is 1. The minimum Gasteiger partial charge on any atom is -0.375 e. The van der Waals surface area contributed by atoms with Gasteiger partial charge in [-0.1, -0.05) is 22.9 Å². The molecule has 2 nitrogen and oxygen atoms in total. The summed E-state index contributed by atoms with van der Waals surface area (Å²) in [4.78, 5) is 1.80. The first kappa shape index (κ1) is 14.7. The molecule has 1 heterocycles. The normalized spacial score (nSPS) is 23.7. The molecule has 1 saturated heterocycles. The highest BCUT2D eigenvalue weighted by molar-refractivity contribution is 9.08. The molecule has 1 aromatic carbocycles. The van der Waals surface area contributed by atoms with Gasteiger partial charge in [0.2, 0.25) is 0 Å². The minimum absolute atomic E-state index is 0.0162. The molecule has 0 bridgehead atoms. The number of hydrogen-bond acceptors (Lipinski definition) is 2. The van der Waals surface area contributed by atoms with E-state index in [-0.39, 0.29) is 17.8 Å². The van der Waals surface area contributed by atoms with Gasteiger partial charge < -0.3 is 9.64 Å². The molecule has 2 unspecified atom stereocenters. The molecular formula is C14H18BrF2NO. The zero-order valence-electron chi connectivity index (χ0n) is 11.1. The molecule has 2 rings (SSSR count). The minimum atomic E-state index is -0.498. The summed E-state index contributed by atoms with van der Waals surface area (Å²) in [5.74, 6) is -0.996. The van der Waals surface area contributed by atoms with Crippen molar-refractivity contribution >= 4 is 21.6 Å². The molecule has 0 amide bonds. The van der Waals surface area contributed by atoms with Crippen LogP contribution in [0.25, 0.3) is 0 Å². The Morgan fingerprint density at radius 2 is 2.00 bits per heavy atom. The zero-order chi connectivity index (χ0) is 14.0. The maximum atomic E-state index is 14.2. The van der Waals surface area contributed by atoms with Crippen LogP contribution in [-0.2, 0) is 10.1 Å². The standard InChI is InChI=1S/C14H18BrF2NO/c1-3-11-8-19-9(2)7-18(11)14-12(16)4-10(6-15)5-13(14)17/h4-5,9,11H,3,6-8H2,1-2H3. The number of ether oxygens (including phenoxy) is 1. The fraction of sp³-hybridized carbons (Fsp3) is 0.571. The molecule has 0 spiro atoms. The van der Waals surface area contributed by atoms with Gasteiger partial charge in [-0.15, -0.1) is 0 Å². The Labute approximate surface area is 120 Å². The van der Waals surface area contributed by atoms with Crippen LogP contribution in [0.15, 0.2) is 12.1 Å². The Hall–Kier alpha value is -0.680. The summed E-state index contributed by atoms with van der Waals surface area (Å²) in [6.07, 6.45) is 0.781. The first-order chi connectivity index (χ1) is 9.06. The lowest BCUT2D eigenvalue weighted by molar-refractivity contribution is 0.0294. The van der Waals surface area contributed by atoms with Crippen LogP contribution in [0.5, 0.6) is 0 Å². The Bertz CT molecular complexity index is 432. The van der Waals surface area contributed by atoms with Gasteiger partial charge in [0.05, 0.1) is 18.8 Å². The van der Waals surface area contributed by atoms with E-state index < -0.39 is 11.6 Å². The second-order valence-corrected chi connectivity index (χ2v) is 5.46.